The summed E-state index contributed by atoms with van der Waals surface area (Å²) < 4.78 is 31.5. The molecule has 4 atom stereocenters. The van der Waals surface area contributed by atoms with Crippen LogP contribution in [0.3, 0.4) is 0 Å². The van der Waals surface area contributed by atoms with Crippen molar-refractivity contribution in [1.82, 2.24) is 64.8 Å². The molecule has 16 N–H and O–H groups in total. The summed E-state index contributed by atoms with van der Waals surface area (Å²) >= 11 is 0. The number of fused-ring (bicyclic) bond motifs is 12. The van der Waals surface area contributed by atoms with Crippen molar-refractivity contribution in [2.75, 3.05) is 65.9 Å². The maximum absolute atomic E-state index is 12.6. The number of hydrazine groups is 4. The molecule has 6 aliphatic rings. The molecule has 0 bridgehead atoms. The SMILES string of the molecule is C.C.C.C.O=C(COCCCCCNC(=O)C(=O)O)ONNC(=O)OCC1c2ccccc2-c2ccccc21.O=C(COCCNC(=O)C(=O)O)NNC(=O)OCC1c2ccccc2-c2ccccc21.O=C(NNC(=O)C1CCCC(NC(=O)C(=O)O)C1)OCC1c2ccccc2-c2ccccc21.O=C(NNC(=O)C1CCCCC1NC(=O)C(=O)O)OCC1c2ccccc2-c2ccccc21. The molecule has 2 fully saturated rings. The first-order valence-corrected chi connectivity index (χ1v) is 42.4. The standard InChI is InChI=1S/C24H27N3O8.2C24H25N3O6.C21H21N3O7.4CH4/c28-21(15-33-13-7-1-6-12-25-22(29)23(30)31)35-27-26-24(32)34-14-20-18-10-4-2-8-16(18)17-9-3-5-11-19(17)20;28-21(14-6-5-7-15(12-14)25-22(29)23(30)31)26-27-24(32)33-13-20-18-10-3-1-8-16(18)17-9-2-4-11-19(17)20;28-21(18-11-5-6-12-20(18)25-22(29)23(30)31)26-27-24(32)33-13-19-16-9-3-1-7-14(16)15-8-2-4-10-17(15)19;25-18(12-30-10-9-22-19(26)20(27)28)23-24-21(29)31-11-17-15-7-3-1-5-13(15)14-6-2-4-8-16(14)17;;;;/h2-5,8-11,20,27H,1,6-7,12-15H2,(H,25,29)(H,26,32)(H,30,31);1-4,8-11,14-15,20H,5-7,12-13H2,(H,25,29)(H,26,28)(H,27,32)(H,30,31);1-4,7-10,18-20H,5-6,11-13H2,(H,25,29)(H,26,28)(H,27,32)(H,30,31);1-8,17H,9-12H2,(H,22,26)(H,23,25)(H,24,29)(H,27,28);4*1H4. The van der Waals surface area contributed by atoms with Gasteiger partial charge in [-0.05, 0) is 140 Å². The van der Waals surface area contributed by atoms with Crippen LogP contribution >= 0.6 is 0 Å². The molecular formula is C97H114N12O27. The zero-order valence-electron chi connectivity index (χ0n) is 71.1. The summed E-state index contributed by atoms with van der Waals surface area (Å²) in [4.78, 5) is 188. The van der Waals surface area contributed by atoms with Crippen LogP contribution in [-0.2, 0) is 90.8 Å². The van der Waals surface area contributed by atoms with E-state index in [-0.39, 0.29) is 113 Å². The van der Waals surface area contributed by atoms with E-state index >= 15 is 0 Å². The van der Waals surface area contributed by atoms with E-state index in [1.807, 2.05) is 200 Å². The fraction of sp³-hybridized carbons (Fsp3) is 0.340. The highest BCUT2D eigenvalue weighted by Crippen LogP contribution is 2.48. The second kappa shape index (κ2) is 53.8. The van der Waals surface area contributed by atoms with E-state index in [0.717, 1.165) is 102 Å². The average Bonchev–Trinajstić information content (AvgIpc) is 1.63. The highest BCUT2D eigenvalue weighted by atomic mass is 16.7. The third-order valence-corrected chi connectivity index (χ3v) is 22.4. The maximum Gasteiger partial charge on any atom is 0.426 e. The summed E-state index contributed by atoms with van der Waals surface area (Å²) in [7, 11) is 0. The Bertz CT molecular complexity index is 5380. The van der Waals surface area contributed by atoms with Crippen LogP contribution in [0.2, 0.25) is 0 Å². The molecule has 39 nitrogen and oxygen atoms in total. The third kappa shape index (κ3) is 29.9. The molecule has 39 heteroatoms. The van der Waals surface area contributed by atoms with E-state index in [9.17, 15) is 76.7 Å². The van der Waals surface area contributed by atoms with Gasteiger partial charge in [-0.15, -0.1) is 0 Å². The van der Waals surface area contributed by atoms with E-state index in [4.69, 9.17) is 48.8 Å². The van der Waals surface area contributed by atoms with Gasteiger partial charge in [0.2, 0.25) is 11.8 Å². The first-order valence-electron chi connectivity index (χ1n) is 42.4. The molecule has 0 radical (unpaired) electrons. The number of carbonyl (C=O) groups excluding carboxylic acids is 12. The first-order chi connectivity index (χ1) is 63.8. The first kappa shape index (κ1) is 107. The monoisotopic (exact) mass is 1880 g/mol. The molecule has 0 aliphatic heterocycles. The van der Waals surface area contributed by atoms with E-state index in [1.165, 1.54) is 0 Å². The quantitative estimate of drug-likeness (QED) is 0.00985. The smallest absolute Gasteiger partial charge is 0.426 e. The minimum Gasteiger partial charge on any atom is -0.474 e. The molecule has 136 heavy (non-hydrogen) atoms. The Morgan fingerprint density at radius 3 is 1.04 bits per heavy atom. The average molecular weight is 1880 g/mol. The highest BCUT2D eigenvalue weighted by molar-refractivity contribution is 6.32. The minimum absolute atomic E-state index is 0. The molecule has 0 heterocycles. The van der Waals surface area contributed by atoms with Gasteiger partial charge in [-0.2, -0.15) is 0 Å². The number of amides is 11. The normalized spacial score (nSPS) is 14.9. The molecule has 0 aromatic heterocycles. The molecule has 6 aliphatic carbocycles. The zero-order valence-corrected chi connectivity index (χ0v) is 71.1. The van der Waals surface area contributed by atoms with E-state index in [1.54, 1.807) is 0 Å². The number of benzene rings is 8. The van der Waals surface area contributed by atoms with Crippen molar-refractivity contribution in [3.05, 3.63) is 239 Å². The fourth-order valence-electron chi connectivity index (χ4n) is 16.3. The number of carboxylic acid groups (broad SMARTS) is 4. The van der Waals surface area contributed by atoms with Crippen molar-refractivity contribution in [3.8, 4) is 44.5 Å². The van der Waals surface area contributed by atoms with Gasteiger partial charge >= 0.3 is 77.8 Å². The Hall–Kier alpha value is -15.6. The number of nitrogens with one attached hydrogen (secondary N) is 12. The molecule has 8 aromatic carbocycles. The van der Waals surface area contributed by atoms with Crippen molar-refractivity contribution in [2.24, 2.45) is 11.8 Å². The molecule has 11 amide bonds. The molecule has 0 spiro atoms. The van der Waals surface area contributed by atoms with Crippen LogP contribution in [0.5, 0.6) is 0 Å². The second-order valence-electron chi connectivity index (χ2n) is 30.8. The predicted molar refractivity (Wildman–Crippen MR) is 493 cm³/mol. The van der Waals surface area contributed by atoms with Crippen LogP contribution in [0.4, 0.5) is 19.2 Å². The van der Waals surface area contributed by atoms with Gasteiger partial charge in [0.15, 0.2) is 0 Å². The second-order valence-corrected chi connectivity index (χ2v) is 30.8. The number of aliphatic carboxylic acids is 4. The number of carboxylic acids is 4. The van der Waals surface area contributed by atoms with Crippen molar-refractivity contribution in [3.63, 3.8) is 0 Å². The lowest BCUT2D eigenvalue weighted by Crippen LogP contribution is -2.53. The molecule has 8 aromatic rings. The van der Waals surface area contributed by atoms with Crippen LogP contribution in [0.15, 0.2) is 194 Å². The maximum atomic E-state index is 12.6. The number of unbranched alkanes of at least 4 members (excludes halogenated alkanes) is 2. The fourth-order valence-corrected chi connectivity index (χ4v) is 16.3. The Morgan fingerprint density at radius 2 is 0.654 bits per heavy atom. The molecular weight excluding hydrogens is 1770 g/mol. The lowest BCUT2D eigenvalue weighted by molar-refractivity contribution is -0.158. The van der Waals surface area contributed by atoms with E-state index < -0.39 is 126 Å². The summed E-state index contributed by atoms with van der Waals surface area (Å²) in [5, 5.41) is 43.4. The molecule has 4 unspecified atom stereocenters. The number of carbonyl (C=O) groups is 16. The van der Waals surface area contributed by atoms with Gasteiger partial charge in [0.25, 0.3) is 5.91 Å². The predicted octanol–water partition coefficient (Wildman–Crippen LogP) is 9.83. The Labute approximate surface area is 784 Å². The molecule has 14 rings (SSSR count). The Morgan fingerprint density at radius 1 is 0.316 bits per heavy atom. The van der Waals surface area contributed by atoms with Gasteiger partial charge in [0.1, 0.15) is 39.6 Å². The number of rotatable bonds is 27. The number of ether oxygens (including phenoxy) is 6. The minimum atomic E-state index is -1.61. The van der Waals surface area contributed by atoms with Gasteiger partial charge < -0.3 is 75.0 Å². The van der Waals surface area contributed by atoms with Crippen LogP contribution in [0.25, 0.3) is 44.5 Å². The van der Waals surface area contributed by atoms with Gasteiger partial charge in [0.05, 0.1) is 12.5 Å². The number of hydrogen-bond acceptors (Lipinski definition) is 24. The highest BCUT2D eigenvalue weighted by Gasteiger charge is 2.37. The van der Waals surface area contributed by atoms with E-state index in [2.05, 4.69) is 64.1 Å². The van der Waals surface area contributed by atoms with Crippen LogP contribution in [0.1, 0.15) is 169 Å². The van der Waals surface area contributed by atoms with Gasteiger partial charge in [-0.25, -0.2) is 64.9 Å². The lowest BCUT2D eigenvalue weighted by Gasteiger charge is -2.30. The molecule has 2 saturated carbocycles. The van der Waals surface area contributed by atoms with Gasteiger partial charge in [-0.1, -0.05) is 249 Å². The summed E-state index contributed by atoms with van der Waals surface area (Å²) in [5.41, 5.74) is 35.3. The lowest BCUT2D eigenvalue weighted by atomic mass is 9.84. The van der Waals surface area contributed by atoms with E-state index in [0.29, 0.717) is 57.8 Å². The summed E-state index contributed by atoms with van der Waals surface area (Å²) in [6.07, 6.45) is 3.34. The topological polar surface area (TPSA) is 563 Å². The number of hydrogen-bond donors (Lipinski definition) is 16. The van der Waals surface area contributed by atoms with Crippen LogP contribution in [-0.4, -0.2) is 194 Å². The third-order valence-electron chi connectivity index (χ3n) is 22.4. The zero-order chi connectivity index (χ0) is 94.0. The molecule has 724 valence electrons. The summed E-state index contributed by atoms with van der Waals surface area (Å²) in [6, 6.07) is 62.7. The van der Waals surface area contributed by atoms with Crippen molar-refractivity contribution in [2.45, 2.75) is 136 Å². The summed E-state index contributed by atoms with van der Waals surface area (Å²) in [5.74, 6) is -14.5. The van der Waals surface area contributed by atoms with Crippen LogP contribution < -0.4 is 64.8 Å². The van der Waals surface area contributed by atoms with Crippen molar-refractivity contribution < 1.29 is 130 Å². The Kier molecular flexibility index (Phi) is 42.5. The summed E-state index contributed by atoms with van der Waals surface area (Å²) in [6.45, 7) is 0.130. The Balaban J connectivity index is 0.000000245. The van der Waals surface area contributed by atoms with Crippen LogP contribution in [0, 0.1) is 11.8 Å². The largest absolute Gasteiger partial charge is 0.474 e. The van der Waals surface area contributed by atoms with Crippen molar-refractivity contribution >= 4 is 95.6 Å². The van der Waals surface area contributed by atoms with Gasteiger partial charge in [-0.3, -0.25) is 49.8 Å². The van der Waals surface area contributed by atoms with Gasteiger partial charge in [0, 0.05) is 61.4 Å². The van der Waals surface area contributed by atoms with Crippen molar-refractivity contribution in [1.29, 1.82) is 0 Å². The molecule has 0 saturated heterocycles.